The summed E-state index contributed by atoms with van der Waals surface area (Å²) in [4.78, 5) is 25.8. The summed E-state index contributed by atoms with van der Waals surface area (Å²) in [5.74, 6) is -0.651. The van der Waals surface area contributed by atoms with Crippen LogP contribution in [-0.2, 0) is 22.6 Å². The van der Waals surface area contributed by atoms with Crippen LogP contribution in [0.4, 0.5) is 0 Å². The van der Waals surface area contributed by atoms with Crippen LogP contribution in [0, 0.1) is 0 Å². The Bertz CT molecular complexity index is 530. The van der Waals surface area contributed by atoms with Crippen LogP contribution in [0.15, 0.2) is 24.3 Å². The van der Waals surface area contributed by atoms with Gasteiger partial charge in [0, 0.05) is 13.0 Å². The fraction of sp³-hybridized carbons (Fsp3) is 0.500. The SMILES string of the molecule is CCCCC(N)C(=O)N1Cc2ccccc2C[C@H]1C(N)=O. The molecule has 114 valence electrons. The van der Waals surface area contributed by atoms with Gasteiger partial charge in [0.05, 0.1) is 6.04 Å². The third-order valence-electron chi connectivity index (χ3n) is 4.05. The van der Waals surface area contributed by atoms with Gasteiger partial charge in [-0.25, -0.2) is 0 Å². The number of hydrogen-bond donors (Lipinski definition) is 2. The van der Waals surface area contributed by atoms with E-state index in [1.54, 1.807) is 4.90 Å². The number of fused-ring (bicyclic) bond motifs is 1. The molecule has 1 aromatic rings. The number of hydrogen-bond acceptors (Lipinski definition) is 3. The molecule has 4 N–H and O–H groups in total. The van der Waals surface area contributed by atoms with Crippen LogP contribution >= 0.6 is 0 Å². The fourth-order valence-corrected chi connectivity index (χ4v) is 2.77. The lowest BCUT2D eigenvalue weighted by Gasteiger charge is -2.36. The van der Waals surface area contributed by atoms with E-state index in [9.17, 15) is 9.59 Å². The molecule has 0 fully saturated rings. The molecule has 1 heterocycles. The predicted molar refractivity (Wildman–Crippen MR) is 81.2 cm³/mol. The summed E-state index contributed by atoms with van der Waals surface area (Å²) >= 11 is 0. The number of carbonyl (C=O) groups is 2. The van der Waals surface area contributed by atoms with E-state index >= 15 is 0 Å². The highest BCUT2D eigenvalue weighted by molar-refractivity contribution is 5.89. The van der Waals surface area contributed by atoms with Crippen LogP contribution in [-0.4, -0.2) is 28.8 Å². The first-order chi connectivity index (χ1) is 10.0. The maximum atomic E-state index is 12.5. The fourth-order valence-electron chi connectivity index (χ4n) is 2.77. The summed E-state index contributed by atoms with van der Waals surface area (Å²) in [6.07, 6.45) is 3.00. The lowest BCUT2D eigenvalue weighted by molar-refractivity contribution is -0.141. The molecule has 1 unspecified atom stereocenters. The number of unbranched alkanes of at least 4 members (excludes halogenated alkanes) is 1. The van der Waals surface area contributed by atoms with Gasteiger partial charge in [0.25, 0.3) is 0 Å². The Morgan fingerprint density at radius 2 is 2.00 bits per heavy atom. The van der Waals surface area contributed by atoms with Crippen molar-refractivity contribution in [3.8, 4) is 0 Å². The molecule has 0 saturated carbocycles. The third kappa shape index (κ3) is 3.42. The zero-order valence-corrected chi connectivity index (χ0v) is 12.4. The number of rotatable bonds is 5. The minimum absolute atomic E-state index is 0.179. The Hall–Kier alpha value is -1.88. The topological polar surface area (TPSA) is 89.4 Å². The molecule has 1 aromatic carbocycles. The molecule has 1 aliphatic rings. The van der Waals surface area contributed by atoms with Gasteiger partial charge in [0.15, 0.2) is 0 Å². The number of nitrogens with two attached hydrogens (primary N) is 2. The highest BCUT2D eigenvalue weighted by Gasteiger charge is 2.35. The molecule has 0 bridgehead atoms. The number of amides is 2. The molecule has 2 amide bonds. The Kier molecular flexibility index (Phi) is 4.96. The zero-order valence-electron chi connectivity index (χ0n) is 12.4. The maximum absolute atomic E-state index is 12.5. The first-order valence-electron chi connectivity index (χ1n) is 7.46. The van der Waals surface area contributed by atoms with E-state index in [-0.39, 0.29) is 5.91 Å². The minimum Gasteiger partial charge on any atom is -0.368 e. The van der Waals surface area contributed by atoms with Crippen molar-refractivity contribution in [3.63, 3.8) is 0 Å². The molecule has 2 rings (SSSR count). The second-order valence-corrected chi connectivity index (χ2v) is 5.61. The lowest BCUT2D eigenvalue weighted by atomic mass is 9.92. The van der Waals surface area contributed by atoms with Gasteiger partial charge in [-0.2, -0.15) is 0 Å². The van der Waals surface area contributed by atoms with Crippen molar-refractivity contribution >= 4 is 11.8 Å². The van der Waals surface area contributed by atoms with Crippen molar-refractivity contribution in [2.75, 3.05) is 0 Å². The zero-order chi connectivity index (χ0) is 15.4. The van der Waals surface area contributed by atoms with Crippen LogP contribution in [0.1, 0.15) is 37.3 Å². The molecule has 0 aliphatic carbocycles. The predicted octanol–water partition coefficient (Wildman–Crippen LogP) is 0.943. The van der Waals surface area contributed by atoms with Gasteiger partial charge >= 0.3 is 0 Å². The Balaban J connectivity index is 2.20. The molecule has 0 radical (unpaired) electrons. The first kappa shape index (κ1) is 15.5. The Morgan fingerprint density at radius 1 is 1.33 bits per heavy atom. The van der Waals surface area contributed by atoms with Crippen molar-refractivity contribution in [3.05, 3.63) is 35.4 Å². The smallest absolute Gasteiger partial charge is 0.240 e. The number of benzene rings is 1. The van der Waals surface area contributed by atoms with E-state index in [4.69, 9.17) is 11.5 Å². The molecular weight excluding hydrogens is 266 g/mol. The van der Waals surface area contributed by atoms with Crippen LogP contribution in [0.3, 0.4) is 0 Å². The van der Waals surface area contributed by atoms with Gasteiger partial charge in [-0.1, -0.05) is 44.0 Å². The number of primary amides is 1. The first-order valence-corrected chi connectivity index (χ1v) is 7.46. The Labute approximate surface area is 125 Å². The van der Waals surface area contributed by atoms with Crippen molar-refractivity contribution < 1.29 is 9.59 Å². The van der Waals surface area contributed by atoms with Gasteiger partial charge in [0.1, 0.15) is 6.04 Å². The summed E-state index contributed by atoms with van der Waals surface area (Å²) in [5.41, 5.74) is 13.6. The second kappa shape index (κ2) is 6.72. The van der Waals surface area contributed by atoms with E-state index in [0.29, 0.717) is 19.4 Å². The molecule has 0 aromatic heterocycles. The van der Waals surface area contributed by atoms with Crippen LogP contribution in [0.2, 0.25) is 0 Å². The van der Waals surface area contributed by atoms with E-state index < -0.39 is 18.0 Å². The van der Waals surface area contributed by atoms with Gasteiger partial charge in [-0.15, -0.1) is 0 Å². The van der Waals surface area contributed by atoms with Gasteiger partial charge in [-0.05, 0) is 17.5 Å². The molecule has 5 nitrogen and oxygen atoms in total. The average molecular weight is 289 g/mol. The van der Waals surface area contributed by atoms with Crippen LogP contribution in [0.25, 0.3) is 0 Å². The van der Waals surface area contributed by atoms with Crippen LogP contribution in [0.5, 0.6) is 0 Å². The van der Waals surface area contributed by atoms with Crippen molar-refractivity contribution in [2.24, 2.45) is 11.5 Å². The molecule has 5 heteroatoms. The number of carbonyl (C=O) groups excluding carboxylic acids is 2. The van der Waals surface area contributed by atoms with Gasteiger partial charge < -0.3 is 16.4 Å². The van der Waals surface area contributed by atoms with Gasteiger partial charge in [0.2, 0.25) is 11.8 Å². The summed E-state index contributed by atoms with van der Waals surface area (Å²) in [6.45, 7) is 2.46. The molecular formula is C16H23N3O2. The highest BCUT2D eigenvalue weighted by atomic mass is 16.2. The molecule has 2 atom stereocenters. The molecule has 0 saturated heterocycles. The molecule has 21 heavy (non-hydrogen) atoms. The molecule has 1 aliphatic heterocycles. The van der Waals surface area contributed by atoms with E-state index in [1.165, 1.54) is 0 Å². The maximum Gasteiger partial charge on any atom is 0.240 e. The normalized spacial score (nSPS) is 19.0. The van der Waals surface area contributed by atoms with E-state index in [2.05, 4.69) is 6.92 Å². The summed E-state index contributed by atoms with van der Waals surface area (Å²) in [6, 6.07) is 6.66. The summed E-state index contributed by atoms with van der Waals surface area (Å²) in [7, 11) is 0. The summed E-state index contributed by atoms with van der Waals surface area (Å²) < 4.78 is 0. The van der Waals surface area contributed by atoms with Crippen molar-refractivity contribution in [1.82, 2.24) is 4.90 Å². The minimum atomic E-state index is -0.597. The third-order valence-corrected chi connectivity index (χ3v) is 4.05. The average Bonchev–Trinajstić information content (AvgIpc) is 2.50. The van der Waals surface area contributed by atoms with E-state index in [1.807, 2.05) is 24.3 Å². The van der Waals surface area contributed by atoms with Crippen molar-refractivity contribution in [2.45, 2.75) is 51.2 Å². The van der Waals surface area contributed by atoms with Gasteiger partial charge in [-0.3, -0.25) is 9.59 Å². The standard InChI is InChI=1S/C16H23N3O2/c1-2-3-8-13(17)16(21)19-10-12-7-5-4-6-11(12)9-14(19)15(18)20/h4-7,13-14H,2-3,8-10,17H2,1H3,(H2,18,20)/t13?,14-/m0/s1. The quantitative estimate of drug-likeness (QED) is 0.845. The van der Waals surface area contributed by atoms with Crippen LogP contribution < -0.4 is 11.5 Å². The molecule has 0 spiro atoms. The highest BCUT2D eigenvalue weighted by Crippen LogP contribution is 2.24. The van der Waals surface area contributed by atoms with Crippen molar-refractivity contribution in [1.29, 1.82) is 0 Å². The second-order valence-electron chi connectivity index (χ2n) is 5.61. The lowest BCUT2D eigenvalue weighted by Crippen LogP contribution is -2.55. The Morgan fingerprint density at radius 3 is 2.62 bits per heavy atom. The van der Waals surface area contributed by atoms with E-state index in [0.717, 1.165) is 24.0 Å². The monoisotopic (exact) mass is 289 g/mol. The summed E-state index contributed by atoms with van der Waals surface area (Å²) in [5, 5.41) is 0. The largest absolute Gasteiger partial charge is 0.368 e. The number of nitrogens with zero attached hydrogens (tertiary/aromatic N) is 1.